The first-order chi connectivity index (χ1) is 6.06. The Bertz CT molecular complexity index is 345. The Morgan fingerprint density at radius 2 is 2.08 bits per heavy atom. The first kappa shape index (κ1) is 9.74. The molecule has 70 valence electrons. The van der Waals surface area contributed by atoms with Crippen molar-refractivity contribution in [1.29, 1.82) is 0 Å². The minimum absolute atomic E-state index is 0.0100. The van der Waals surface area contributed by atoms with Crippen LogP contribution in [0.25, 0.3) is 0 Å². The lowest BCUT2D eigenvalue weighted by Crippen LogP contribution is -2.08. The average molecular weight is 178 g/mol. The fraction of sp³-hybridized carbons (Fsp3) is 0.300. The molecule has 0 aliphatic heterocycles. The van der Waals surface area contributed by atoms with Crippen molar-refractivity contribution < 1.29 is 4.79 Å². The summed E-state index contributed by atoms with van der Waals surface area (Å²) in [6, 6.07) is 3.51. The molecule has 0 aromatic heterocycles. The van der Waals surface area contributed by atoms with E-state index in [9.17, 15) is 4.79 Å². The summed E-state index contributed by atoms with van der Waals surface area (Å²) in [6.45, 7) is 3.80. The zero-order valence-electron chi connectivity index (χ0n) is 7.92. The van der Waals surface area contributed by atoms with Crippen molar-refractivity contribution in [2.45, 2.75) is 20.4 Å². The molecule has 0 radical (unpaired) electrons. The maximum atomic E-state index is 11.2. The van der Waals surface area contributed by atoms with Crippen molar-refractivity contribution in [2.75, 3.05) is 5.73 Å². The van der Waals surface area contributed by atoms with Crippen molar-refractivity contribution in [3.8, 4) is 0 Å². The summed E-state index contributed by atoms with van der Waals surface area (Å²) in [4.78, 5) is 11.2. The van der Waals surface area contributed by atoms with E-state index in [0.717, 1.165) is 11.1 Å². The second-order valence-corrected chi connectivity index (χ2v) is 3.12. The molecule has 0 amide bonds. The van der Waals surface area contributed by atoms with Crippen LogP contribution in [0.15, 0.2) is 12.1 Å². The van der Waals surface area contributed by atoms with Crippen LogP contribution in [0.1, 0.15) is 28.4 Å². The molecule has 0 aliphatic carbocycles. The molecular formula is C10H14N2O. The van der Waals surface area contributed by atoms with Gasteiger partial charge in [-0.15, -0.1) is 0 Å². The van der Waals surface area contributed by atoms with Gasteiger partial charge in [0.1, 0.15) is 0 Å². The highest BCUT2D eigenvalue weighted by Crippen LogP contribution is 2.18. The first-order valence-electron chi connectivity index (χ1n) is 4.16. The first-order valence-corrected chi connectivity index (χ1v) is 4.16. The van der Waals surface area contributed by atoms with Crippen molar-refractivity contribution >= 4 is 11.5 Å². The summed E-state index contributed by atoms with van der Waals surface area (Å²) in [5.74, 6) is 0.0100. The van der Waals surface area contributed by atoms with Gasteiger partial charge in [-0.05, 0) is 37.1 Å². The highest BCUT2D eigenvalue weighted by atomic mass is 16.1. The quantitative estimate of drug-likeness (QED) is 0.528. The fourth-order valence-electron chi connectivity index (χ4n) is 1.43. The molecule has 0 spiro atoms. The van der Waals surface area contributed by atoms with Crippen LogP contribution in [0.2, 0.25) is 0 Å². The molecule has 0 fully saturated rings. The number of aryl methyl sites for hydroxylation is 1. The zero-order chi connectivity index (χ0) is 10.0. The van der Waals surface area contributed by atoms with Gasteiger partial charge in [0.15, 0.2) is 5.78 Å². The van der Waals surface area contributed by atoms with E-state index in [1.165, 1.54) is 6.92 Å². The Balaban J connectivity index is 3.38. The van der Waals surface area contributed by atoms with Crippen LogP contribution < -0.4 is 11.5 Å². The number of carbonyl (C=O) groups excluding carboxylic acids is 1. The maximum absolute atomic E-state index is 11.2. The standard InChI is InChI=1S/C10H14N2O/c1-6-3-8(12)4-9(7(2)13)10(6)5-11/h3-4H,5,11-12H2,1-2H3. The Morgan fingerprint density at radius 3 is 2.54 bits per heavy atom. The highest BCUT2D eigenvalue weighted by Gasteiger charge is 2.09. The number of anilines is 1. The molecule has 0 heterocycles. The van der Waals surface area contributed by atoms with Crippen LogP contribution in [0.5, 0.6) is 0 Å². The maximum Gasteiger partial charge on any atom is 0.160 e. The molecule has 3 nitrogen and oxygen atoms in total. The van der Waals surface area contributed by atoms with Crippen LogP contribution in [-0.2, 0) is 6.54 Å². The molecule has 0 aliphatic rings. The largest absolute Gasteiger partial charge is 0.399 e. The summed E-state index contributed by atoms with van der Waals surface area (Å²) in [5, 5.41) is 0. The van der Waals surface area contributed by atoms with Gasteiger partial charge in [0.25, 0.3) is 0 Å². The predicted molar refractivity (Wildman–Crippen MR) is 53.5 cm³/mol. The summed E-state index contributed by atoms with van der Waals surface area (Å²) in [7, 11) is 0. The molecule has 3 heteroatoms. The number of Topliss-reactive ketones (excluding diaryl/α,β-unsaturated/α-hetero) is 1. The van der Waals surface area contributed by atoms with Gasteiger partial charge in [-0.25, -0.2) is 0 Å². The van der Waals surface area contributed by atoms with Crippen LogP contribution in [0.4, 0.5) is 5.69 Å². The number of hydrogen-bond acceptors (Lipinski definition) is 3. The molecule has 1 rings (SSSR count). The third-order valence-electron chi connectivity index (χ3n) is 2.08. The van der Waals surface area contributed by atoms with Gasteiger partial charge in [0.05, 0.1) is 0 Å². The van der Waals surface area contributed by atoms with E-state index < -0.39 is 0 Å². The summed E-state index contributed by atoms with van der Waals surface area (Å²) in [5.41, 5.74) is 14.3. The van der Waals surface area contributed by atoms with Crippen molar-refractivity contribution in [2.24, 2.45) is 5.73 Å². The number of hydrogen-bond donors (Lipinski definition) is 2. The van der Waals surface area contributed by atoms with E-state index in [-0.39, 0.29) is 5.78 Å². The highest BCUT2D eigenvalue weighted by molar-refractivity contribution is 5.96. The predicted octanol–water partition coefficient (Wildman–Crippen LogP) is 1.24. The molecule has 4 N–H and O–H groups in total. The van der Waals surface area contributed by atoms with Gasteiger partial charge in [-0.2, -0.15) is 0 Å². The molecule has 1 aromatic carbocycles. The fourth-order valence-corrected chi connectivity index (χ4v) is 1.43. The van der Waals surface area contributed by atoms with E-state index in [4.69, 9.17) is 11.5 Å². The Hall–Kier alpha value is -1.35. The SMILES string of the molecule is CC(=O)c1cc(N)cc(C)c1CN. The summed E-state index contributed by atoms with van der Waals surface area (Å²) < 4.78 is 0. The molecule has 13 heavy (non-hydrogen) atoms. The van der Waals surface area contributed by atoms with Gasteiger partial charge in [0, 0.05) is 17.8 Å². The van der Waals surface area contributed by atoms with Crippen LogP contribution >= 0.6 is 0 Å². The monoisotopic (exact) mass is 178 g/mol. The third-order valence-corrected chi connectivity index (χ3v) is 2.08. The summed E-state index contributed by atoms with van der Waals surface area (Å²) in [6.07, 6.45) is 0. The molecule has 0 bridgehead atoms. The zero-order valence-corrected chi connectivity index (χ0v) is 7.92. The topological polar surface area (TPSA) is 69.1 Å². The minimum Gasteiger partial charge on any atom is -0.399 e. The number of nitrogens with two attached hydrogens (primary N) is 2. The minimum atomic E-state index is 0.0100. The average Bonchev–Trinajstić information content (AvgIpc) is 2.02. The number of benzene rings is 1. The Labute approximate surface area is 77.7 Å². The number of carbonyl (C=O) groups is 1. The van der Waals surface area contributed by atoms with E-state index in [1.54, 1.807) is 6.07 Å². The second kappa shape index (κ2) is 3.58. The van der Waals surface area contributed by atoms with Crippen LogP contribution in [0.3, 0.4) is 0 Å². The van der Waals surface area contributed by atoms with E-state index in [1.807, 2.05) is 13.0 Å². The molecule has 0 saturated carbocycles. The molecule has 0 saturated heterocycles. The van der Waals surface area contributed by atoms with Crippen LogP contribution in [0, 0.1) is 6.92 Å². The Kier molecular flexibility index (Phi) is 2.68. The van der Waals surface area contributed by atoms with E-state index >= 15 is 0 Å². The van der Waals surface area contributed by atoms with Gasteiger partial charge in [0.2, 0.25) is 0 Å². The van der Waals surface area contributed by atoms with Crippen molar-refractivity contribution in [1.82, 2.24) is 0 Å². The van der Waals surface area contributed by atoms with E-state index in [2.05, 4.69) is 0 Å². The van der Waals surface area contributed by atoms with Gasteiger partial charge in [-0.3, -0.25) is 4.79 Å². The smallest absolute Gasteiger partial charge is 0.160 e. The number of nitrogen functional groups attached to an aromatic ring is 1. The number of rotatable bonds is 2. The van der Waals surface area contributed by atoms with Crippen molar-refractivity contribution in [3.05, 3.63) is 28.8 Å². The molecule has 0 unspecified atom stereocenters. The van der Waals surface area contributed by atoms with Gasteiger partial charge < -0.3 is 11.5 Å². The third kappa shape index (κ3) is 1.87. The lowest BCUT2D eigenvalue weighted by Gasteiger charge is -2.09. The van der Waals surface area contributed by atoms with Crippen molar-refractivity contribution in [3.63, 3.8) is 0 Å². The molecule has 1 aromatic rings. The van der Waals surface area contributed by atoms with E-state index in [0.29, 0.717) is 17.8 Å². The normalized spacial score (nSPS) is 10.1. The van der Waals surface area contributed by atoms with Gasteiger partial charge >= 0.3 is 0 Å². The molecular weight excluding hydrogens is 164 g/mol. The van der Waals surface area contributed by atoms with Gasteiger partial charge in [-0.1, -0.05) is 0 Å². The Morgan fingerprint density at radius 1 is 1.46 bits per heavy atom. The molecule has 0 atom stereocenters. The lowest BCUT2D eigenvalue weighted by atomic mass is 9.98. The lowest BCUT2D eigenvalue weighted by molar-refractivity contribution is 0.101. The van der Waals surface area contributed by atoms with Crippen LogP contribution in [-0.4, -0.2) is 5.78 Å². The second-order valence-electron chi connectivity index (χ2n) is 3.12. The summed E-state index contributed by atoms with van der Waals surface area (Å²) >= 11 is 0. The number of ketones is 1.